The van der Waals surface area contributed by atoms with Crippen LogP contribution < -0.4 is 4.74 Å². The number of carbonyl (C=O) groups is 1. The fourth-order valence-electron chi connectivity index (χ4n) is 2.32. The molecule has 8 heteroatoms. The van der Waals surface area contributed by atoms with Crippen LogP contribution in [0.4, 0.5) is 11.4 Å². The topological polar surface area (TPSA) is 81.8 Å². The van der Waals surface area contributed by atoms with Crippen LogP contribution in [-0.4, -0.2) is 17.1 Å². The summed E-state index contributed by atoms with van der Waals surface area (Å²) in [5.41, 5.74) is 0.878. The lowest BCUT2D eigenvalue weighted by molar-refractivity contribution is -0.385. The molecule has 0 radical (unpaired) electrons. The number of hydrogen-bond acceptors (Lipinski definition) is 5. The molecule has 6 nitrogen and oxygen atoms in total. The van der Waals surface area contributed by atoms with Gasteiger partial charge in [0.2, 0.25) is 5.75 Å². The molecule has 0 aromatic heterocycles. The Labute approximate surface area is 170 Å². The second kappa shape index (κ2) is 8.65. The van der Waals surface area contributed by atoms with Gasteiger partial charge in [-0.2, -0.15) is 0 Å². The Morgan fingerprint density at radius 3 is 2.46 bits per heavy atom. The second-order valence-corrected chi connectivity index (χ2v) is 6.44. The molecule has 0 aliphatic rings. The van der Waals surface area contributed by atoms with Crippen LogP contribution in [0.1, 0.15) is 15.9 Å². The Balaban J connectivity index is 1.86. The van der Waals surface area contributed by atoms with Crippen molar-refractivity contribution < 1.29 is 14.5 Å². The van der Waals surface area contributed by atoms with Crippen LogP contribution in [-0.2, 0) is 0 Å². The van der Waals surface area contributed by atoms with E-state index in [0.29, 0.717) is 16.3 Å². The minimum atomic E-state index is -0.824. The molecule has 0 amide bonds. The van der Waals surface area contributed by atoms with Crippen LogP contribution in [0, 0.1) is 10.1 Å². The summed E-state index contributed by atoms with van der Waals surface area (Å²) in [6, 6.07) is 17.6. The fourth-order valence-corrected chi connectivity index (χ4v) is 2.80. The number of carbonyl (C=O) groups excluding carboxylic acids is 1. The first-order valence-electron chi connectivity index (χ1n) is 7.99. The molecule has 0 saturated carbocycles. The Morgan fingerprint density at radius 1 is 1.04 bits per heavy atom. The summed E-state index contributed by atoms with van der Waals surface area (Å²) in [5, 5.41) is 11.8. The molecule has 3 rings (SSSR count). The van der Waals surface area contributed by atoms with E-state index in [2.05, 4.69) is 4.99 Å². The summed E-state index contributed by atoms with van der Waals surface area (Å²) in [5.74, 6) is -1.02. The third-order valence-electron chi connectivity index (χ3n) is 3.65. The highest BCUT2D eigenvalue weighted by molar-refractivity contribution is 6.36. The van der Waals surface area contributed by atoms with Crippen molar-refractivity contribution in [2.75, 3.05) is 0 Å². The quantitative estimate of drug-likeness (QED) is 0.172. The van der Waals surface area contributed by atoms with Crippen molar-refractivity contribution in [1.82, 2.24) is 0 Å². The van der Waals surface area contributed by atoms with Crippen LogP contribution in [0.25, 0.3) is 0 Å². The highest BCUT2D eigenvalue weighted by atomic mass is 35.5. The summed E-state index contributed by atoms with van der Waals surface area (Å²) in [4.78, 5) is 27.3. The van der Waals surface area contributed by atoms with E-state index < -0.39 is 10.9 Å². The number of benzene rings is 3. The van der Waals surface area contributed by atoms with Crippen LogP contribution in [0.15, 0.2) is 71.7 Å². The molecule has 3 aromatic rings. The van der Waals surface area contributed by atoms with Crippen molar-refractivity contribution in [1.29, 1.82) is 0 Å². The van der Waals surface area contributed by atoms with Crippen LogP contribution in [0.5, 0.6) is 5.75 Å². The van der Waals surface area contributed by atoms with Gasteiger partial charge in [-0.3, -0.25) is 15.1 Å². The molecule has 140 valence electrons. The van der Waals surface area contributed by atoms with Crippen molar-refractivity contribution >= 4 is 46.8 Å². The van der Waals surface area contributed by atoms with Gasteiger partial charge in [0.05, 0.1) is 21.2 Å². The number of esters is 1. The molecule has 28 heavy (non-hydrogen) atoms. The molecule has 3 aromatic carbocycles. The zero-order valence-electron chi connectivity index (χ0n) is 14.2. The first-order chi connectivity index (χ1) is 13.4. The maximum atomic E-state index is 12.3. The molecule has 0 N–H and O–H groups in total. The Morgan fingerprint density at radius 2 is 1.79 bits per heavy atom. The predicted octanol–water partition coefficient (Wildman–Crippen LogP) is 5.87. The van der Waals surface area contributed by atoms with E-state index in [0.717, 1.165) is 0 Å². The highest BCUT2D eigenvalue weighted by Crippen LogP contribution is 2.30. The van der Waals surface area contributed by atoms with E-state index in [1.807, 2.05) is 18.2 Å². The van der Waals surface area contributed by atoms with Crippen LogP contribution in [0.3, 0.4) is 0 Å². The van der Waals surface area contributed by atoms with E-state index in [4.69, 9.17) is 27.9 Å². The Kier molecular flexibility index (Phi) is 6.03. The highest BCUT2D eigenvalue weighted by Gasteiger charge is 2.21. The molecule has 0 aliphatic heterocycles. The zero-order valence-corrected chi connectivity index (χ0v) is 15.7. The lowest BCUT2D eigenvalue weighted by Gasteiger charge is -2.07. The second-order valence-electron chi connectivity index (χ2n) is 5.59. The average Bonchev–Trinajstić information content (AvgIpc) is 2.67. The van der Waals surface area contributed by atoms with Gasteiger partial charge in [0, 0.05) is 17.3 Å². The van der Waals surface area contributed by atoms with Gasteiger partial charge in [-0.1, -0.05) is 41.4 Å². The summed E-state index contributed by atoms with van der Waals surface area (Å²) in [6.45, 7) is 0. The molecule has 0 saturated heterocycles. The van der Waals surface area contributed by atoms with Gasteiger partial charge in [0.15, 0.2) is 0 Å². The lowest BCUT2D eigenvalue weighted by atomic mass is 10.2. The van der Waals surface area contributed by atoms with Gasteiger partial charge in [0.1, 0.15) is 0 Å². The summed E-state index contributed by atoms with van der Waals surface area (Å²) >= 11 is 11.8. The average molecular weight is 415 g/mol. The van der Waals surface area contributed by atoms with Gasteiger partial charge in [-0.05, 0) is 48.0 Å². The number of halogens is 2. The number of hydrogen-bond donors (Lipinski definition) is 0. The number of nitro groups is 1. The standard InChI is InChI=1S/C20H12Cl2N2O4/c21-14-7-8-16(17(22)11-14)20(25)28-19-9-6-13(10-18(19)24(26)27)12-23-15-4-2-1-3-5-15/h1-12H. The van der Waals surface area contributed by atoms with E-state index in [-0.39, 0.29) is 22.0 Å². The van der Waals surface area contributed by atoms with Gasteiger partial charge < -0.3 is 4.74 Å². The first kappa shape index (κ1) is 19.5. The maximum absolute atomic E-state index is 12.3. The Hall–Kier alpha value is -3.22. The minimum Gasteiger partial charge on any atom is -0.416 e. The number of aliphatic imine (C=N–C) groups is 1. The number of ether oxygens (including phenoxy) is 1. The zero-order chi connectivity index (χ0) is 20.1. The smallest absolute Gasteiger partial charge is 0.345 e. The largest absolute Gasteiger partial charge is 0.416 e. The van der Waals surface area contributed by atoms with Crippen molar-refractivity contribution in [2.24, 2.45) is 4.99 Å². The van der Waals surface area contributed by atoms with E-state index in [1.54, 1.807) is 18.2 Å². The maximum Gasteiger partial charge on any atom is 0.345 e. The first-order valence-corrected chi connectivity index (χ1v) is 8.74. The molecule has 0 spiro atoms. The van der Waals surface area contributed by atoms with Crippen molar-refractivity contribution in [2.45, 2.75) is 0 Å². The normalized spacial score (nSPS) is 10.8. The fraction of sp³-hybridized carbons (Fsp3) is 0. The molecule has 0 atom stereocenters. The third-order valence-corrected chi connectivity index (χ3v) is 4.20. The number of rotatable bonds is 5. The van der Waals surface area contributed by atoms with E-state index >= 15 is 0 Å². The molecular weight excluding hydrogens is 403 g/mol. The SMILES string of the molecule is O=C(Oc1ccc(C=Nc2ccccc2)cc1[N+](=O)[O-])c1ccc(Cl)cc1Cl. The minimum absolute atomic E-state index is 0.0510. The van der Waals surface area contributed by atoms with Gasteiger partial charge in [-0.25, -0.2) is 4.79 Å². The number of para-hydroxylation sites is 1. The molecule has 0 fully saturated rings. The molecule has 0 bridgehead atoms. The van der Waals surface area contributed by atoms with Crippen LogP contribution in [0.2, 0.25) is 10.0 Å². The summed E-state index contributed by atoms with van der Waals surface area (Å²) in [6.07, 6.45) is 1.49. The number of nitrogens with zero attached hydrogens (tertiary/aromatic N) is 2. The number of nitro benzene ring substituents is 1. The van der Waals surface area contributed by atoms with Gasteiger partial charge in [-0.15, -0.1) is 0 Å². The molecule has 0 unspecified atom stereocenters. The van der Waals surface area contributed by atoms with Crippen LogP contribution >= 0.6 is 23.2 Å². The van der Waals surface area contributed by atoms with Crippen molar-refractivity contribution in [3.63, 3.8) is 0 Å². The third kappa shape index (κ3) is 4.73. The lowest BCUT2D eigenvalue weighted by Crippen LogP contribution is -2.10. The molecular formula is C20H12Cl2N2O4. The molecule has 0 aliphatic carbocycles. The summed E-state index contributed by atoms with van der Waals surface area (Å²) < 4.78 is 5.18. The van der Waals surface area contributed by atoms with E-state index in [9.17, 15) is 14.9 Å². The van der Waals surface area contributed by atoms with Gasteiger partial charge in [0.25, 0.3) is 0 Å². The predicted molar refractivity (Wildman–Crippen MR) is 108 cm³/mol. The van der Waals surface area contributed by atoms with E-state index in [1.165, 1.54) is 36.5 Å². The van der Waals surface area contributed by atoms with Crippen molar-refractivity contribution in [3.05, 3.63) is 98.0 Å². The monoisotopic (exact) mass is 414 g/mol. The van der Waals surface area contributed by atoms with Gasteiger partial charge >= 0.3 is 11.7 Å². The Bertz CT molecular complexity index is 1070. The summed E-state index contributed by atoms with van der Waals surface area (Å²) in [7, 11) is 0. The molecule has 0 heterocycles. The van der Waals surface area contributed by atoms with Crippen molar-refractivity contribution in [3.8, 4) is 5.75 Å².